The topological polar surface area (TPSA) is 41.9 Å². The number of anilines is 1. The van der Waals surface area contributed by atoms with Gasteiger partial charge in [0.25, 0.3) is 0 Å². The van der Waals surface area contributed by atoms with Crippen molar-refractivity contribution >= 4 is 33.5 Å². The van der Waals surface area contributed by atoms with Crippen LogP contribution in [0.4, 0.5) is 5.95 Å². The average molecular weight is 314 g/mol. The maximum atomic E-state index is 5.88. The van der Waals surface area contributed by atoms with E-state index >= 15 is 0 Å². The smallest absolute Gasteiger partial charge is 0.229 e. The van der Waals surface area contributed by atoms with Crippen molar-refractivity contribution in [1.82, 2.24) is 15.0 Å². The molecule has 88 valence electrons. The Labute approximate surface area is 113 Å². The molecule has 2 rings (SSSR count). The first-order valence-corrected chi connectivity index (χ1v) is 6.08. The standard InChI is InChI=1S/C11H10BrClN4/c1-17(2)11-15-9(14-10(13)16-11)7-4-3-5-8(12)6-7/h3-6H,1-2H3. The lowest BCUT2D eigenvalue weighted by Gasteiger charge is -2.11. The number of aromatic nitrogens is 3. The van der Waals surface area contributed by atoms with Gasteiger partial charge in [-0.05, 0) is 23.7 Å². The Kier molecular flexibility index (Phi) is 3.59. The highest BCUT2D eigenvalue weighted by Crippen LogP contribution is 2.22. The zero-order valence-electron chi connectivity index (χ0n) is 9.35. The molecule has 6 heteroatoms. The van der Waals surface area contributed by atoms with E-state index in [1.807, 2.05) is 38.4 Å². The third-order valence-corrected chi connectivity index (χ3v) is 2.74. The first-order chi connectivity index (χ1) is 8.06. The lowest BCUT2D eigenvalue weighted by atomic mass is 10.2. The van der Waals surface area contributed by atoms with Crippen molar-refractivity contribution in [2.24, 2.45) is 0 Å². The molecule has 2 aromatic rings. The first-order valence-electron chi connectivity index (χ1n) is 4.91. The van der Waals surface area contributed by atoms with Crippen LogP contribution in [0.5, 0.6) is 0 Å². The largest absolute Gasteiger partial charge is 0.347 e. The average Bonchev–Trinajstić information content (AvgIpc) is 2.28. The minimum absolute atomic E-state index is 0.193. The van der Waals surface area contributed by atoms with Crippen molar-refractivity contribution < 1.29 is 0 Å². The summed E-state index contributed by atoms with van der Waals surface area (Å²) in [5.74, 6) is 1.11. The van der Waals surface area contributed by atoms with Gasteiger partial charge in [-0.25, -0.2) is 0 Å². The molecule has 0 atom stereocenters. The van der Waals surface area contributed by atoms with Crippen LogP contribution in [0.2, 0.25) is 5.28 Å². The summed E-state index contributed by atoms with van der Waals surface area (Å²) in [6.45, 7) is 0. The normalized spacial score (nSPS) is 10.4. The Morgan fingerprint density at radius 1 is 1.18 bits per heavy atom. The summed E-state index contributed by atoms with van der Waals surface area (Å²) >= 11 is 9.29. The third kappa shape index (κ3) is 2.92. The summed E-state index contributed by atoms with van der Waals surface area (Å²) in [6.07, 6.45) is 0. The number of nitrogens with zero attached hydrogens (tertiary/aromatic N) is 4. The van der Waals surface area contributed by atoms with Gasteiger partial charge in [-0.3, -0.25) is 0 Å². The van der Waals surface area contributed by atoms with Gasteiger partial charge in [-0.1, -0.05) is 28.1 Å². The summed E-state index contributed by atoms with van der Waals surface area (Å²) < 4.78 is 0.970. The van der Waals surface area contributed by atoms with Crippen LogP contribution in [0.15, 0.2) is 28.7 Å². The van der Waals surface area contributed by atoms with Gasteiger partial charge in [0, 0.05) is 24.1 Å². The van der Waals surface area contributed by atoms with E-state index < -0.39 is 0 Å². The maximum Gasteiger partial charge on any atom is 0.229 e. The highest BCUT2D eigenvalue weighted by atomic mass is 79.9. The van der Waals surface area contributed by atoms with Crippen molar-refractivity contribution in [1.29, 1.82) is 0 Å². The molecule has 0 saturated carbocycles. The fraction of sp³-hybridized carbons (Fsp3) is 0.182. The zero-order chi connectivity index (χ0) is 12.4. The number of hydrogen-bond donors (Lipinski definition) is 0. The second-order valence-corrected chi connectivity index (χ2v) is 4.89. The molecule has 1 aromatic heterocycles. The number of halogens is 2. The van der Waals surface area contributed by atoms with E-state index in [4.69, 9.17) is 11.6 Å². The first kappa shape index (κ1) is 12.3. The fourth-order valence-corrected chi connectivity index (χ4v) is 1.85. The van der Waals surface area contributed by atoms with Crippen molar-refractivity contribution in [3.63, 3.8) is 0 Å². The van der Waals surface area contributed by atoms with Crippen LogP contribution in [-0.4, -0.2) is 29.0 Å². The van der Waals surface area contributed by atoms with Crippen molar-refractivity contribution in [2.75, 3.05) is 19.0 Å². The van der Waals surface area contributed by atoms with Crippen LogP contribution in [0.25, 0.3) is 11.4 Å². The summed E-state index contributed by atoms with van der Waals surface area (Å²) in [5, 5.41) is 0.193. The molecule has 0 aliphatic carbocycles. The Morgan fingerprint density at radius 2 is 1.94 bits per heavy atom. The predicted octanol–water partition coefficient (Wildman–Crippen LogP) is 3.02. The molecular weight excluding hydrogens is 304 g/mol. The molecule has 0 amide bonds. The van der Waals surface area contributed by atoms with E-state index in [9.17, 15) is 0 Å². The predicted molar refractivity (Wildman–Crippen MR) is 72.3 cm³/mol. The second-order valence-electron chi connectivity index (χ2n) is 3.63. The molecule has 0 radical (unpaired) electrons. The van der Waals surface area contributed by atoms with E-state index in [2.05, 4.69) is 30.9 Å². The van der Waals surface area contributed by atoms with Crippen LogP contribution < -0.4 is 4.90 Å². The monoisotopic (exact) mass is 312 g/mol. The molecule has 0 fully saturated rings. The van der Waals surface area contributed by atoms with Crippen LogP contribution in [0.3, 0.4) is 0 Å². The molecular formula is C11H10BrClN4. The lowest BCUT2D eigenvalue weighted by molar-refractivity contribution is 0.962. The molecule has 0 saturated heterocycles. The van der Waals surface area contributed by atoms with Crippen molar-refractivity contribution in [2.45, 2.75) is 0 Å². The Bertz CT molecular complexity index is 545. The quantitative estimate of drug-likeness (QED) is 0.854. The minimum Gasteiger partial charge on any atom is -0.347 e. The van der Waals surface area contributed by atoms with Crippen molar-refractivity contribution in [3.05, 3.63) is 34.0 Å². The van der Waals surface area contributed by atoms with Gasteiger partial charge >= 0.3 is 0 Å². The summed E-state index contributed by atoms with van der Waals surface area (Å²) in [6, 6.07) is 7.73. The summed E-state index contributed by atoms with van der Waals surface area (Å²) in [4.78, 5) is 14.3. The van der Waals surface area contributed by atoms with Gasteiger partial charge in [0.2, 0.25) is 11.2 Å². The Balaban J connectivity index is 2.52. The molecule has 1 aromatic carbocycles. The molecule has 0 bridgehead atoms. The van der Waals surface area contributed by atoms with E-state index in [0.29, 0.717) is 11.8 Å². The molecule has 0 unspecified atom stereocenters. The summed E-state index contributed by atoms with van der Waals surface area (Å²) in [7, 11) is 3.71. The number of benzene rings is 1. The molecule has 1 heterocycles. The third-order valence-electron chi connectivity index (χ3n) is 2.08. The van der Waals surface area contributed by atoms with Crippen molar-refractivity contribution in [3.8, 4) is 11.4 Å². The van der Waals surface area contributed by atoms with Crippen LogP contribution in [-0.2, 0) is 0 Å². The molecule has 0 aliphatic heterocycles. The Morgan fingerprint density at radius 3 is 2.59 bits per heavy atom. The van der Waals surface area contributed by atoms with Gasteiger partial charge in [0.05, 0.1) is 0 Å². The van der Waals surface area contributed by atoms with E-state index in [-0.39, 0.29) is 5.28 Å². The number of rotatable bonds is 2. The van der Waals surface area contributed by atoms with Crippen LogP contribution >= 0.6 is 27.5 Å². The zero-order valence-corrected chi connectivity index (χ0v) is 11.7. The molecule has 0 N–H and O–H groups in total. The summed E-state index contributed by atoms with van der Waals surface area (Å²) in [5.41, 5.74) is 0.895. The van der Waals surface area contributed by atoms with Gasteiger partial charge in [0.1, 0.15) is 0 Å². The van der Waals surface area contributed by atoms with Gasteiger partial charge in [0.15, 0.2) is 5.82 Å². The SMILES string of the molecule is CN(C)c1nc(Cl)nc(-c2cccc(Br)c2)n1. The maximum absolute atomic E-state index is 5.88. The molecule has 4 nitrogen and oxygen atoms in total. The van der Waals surface area contributed by atoms with E-state index in [1.165, 1.54) is 0 Å². The van der Waals surface area contributed by atoms with E-state index in [0.717, 1.165) is 10.0 Å². The fourth-order valence-electron chi connectivity index (χ4n) is 1.30. The highest BCUT2D eigenvalue weighted by Gasteiger charge is 2.08. The molecule has 0 aliphatic rings. The minimum atomic E-state index is 0.193. The second kappa shape index (κ2) is 4.98. The molecule has 17 heavy (non-hydrogen) atoms. The number of hydrogen-bond acceptors (Lipinski definition) is 4. The van der Waals surface area contributed by atoms with Crippen LogP contribution in [0.1, 0.15) is 0 Å². The molecule has 0 spiro atoms. The van der Waals surface area contributed by atoms with Gasteiger partial charge < -0.3 is 4.90 Å². The van der Waals surface area contributed by atoms with Gasteiger partial charge in [-0.2, -0.15) is 15.0 Å². The highest BCUT2D eigenvalue weighted by molar-refractivity contribution is 9.10. The Hall–Kier alpha value is -1.20. The van der Waals surface area contributed by atoms with Crippen LogP contribution in [0, 0.1) is 0 Å². The van der Waals surface area contributed by atoms with Gasteiger partial charge in [-0.15, -0.1) is 0 Å². The van der Waals surface area contributed by atoms with E-state index in [1.54, 1.807) is 4.90 Å². The lowest BCUT2D eigenvalue weighted by Crippen LogP contribution is -2.13.